The predicted molar refractivity (Wildman–Crippen MR) is 107 cm³/mol. The monoisotopic (exact) mass is 359 g/mol. The van der Waals surface area contributed by atoms with E-state index >= 15 is 0 Å². The number of amides is 1. The molecule has 0 saturated carbocycles. The molecule has 1 aliphatic rings. The summed E-state index contributed by atoms with van der Waals surface area (Å²) in [7, 11) is 1.93. The number of fused-ring (bicyclic) bond motifs is 1. The fraction of sp³-hybridized carbons (Fsp3) is 0.304. The van der Waals surface area contributed by atoms with Gasteiger partial charge in [-0.15, -0.1) is 0 Å². The van der Waals surface area contributed by atoms with E-state index in [9.17, 15) is 4.79 Å². The topological polar surface area (TPSA) is 38.1 Å². The SMILES string of the molecule is Cc1cc(C)c(C(=O)N2Cc3ccccc3C(c3cnn(C)c3)C2)c(C)c1. The molecule has 27 heavy (non-hydrogen) atoms. The first kappa shape index (κ1) is 17.5. The predicted octanol–water partition coefficient (Wildman–Crippen LogP) is 4.13. The van der Waals surface area contributed by atoms with Gasteiger partial charge in [-0.05, 0) is 48.6 Å². The second-order valence-electron chi connectivity index (χ2n) is 7.66. The lowest BCUT2D eigenvalue weighted by Gasteiger charge is -2.35. The maximum Gasteiger partial charge on any atom is 0.254 e. The molecule has 0 aliphatic carbocycles. The van der Waals surface area contributed by atoms with E-state index in [0.29, 0.717) is 13.1 Å². The lowest BCUT2D eigenvalue weighted by atomic mass is 9.85. The van der Waals surface area contributed by atoms with Gasteiger partial charge in [0, 0.05) is 37.8 Å². The third-order valence-corrected chi connectivity index (χ3v) is 5.50. The maximum absolute atomic E-state index is 13.4. The Morgan fingerprint density at radius 2 is 1.81 bits per heavy atom. The summed E-state index contributed by atoms with van der Waals surface area (Å²) in [6.07, 6.45) is 3.97. The Labute approximate surface area is 160 Å². The summed E-state index contributed by atoms with van der Waals surface area (Å²) in [5, 5.41) is 4.34. The Morgan fingerprint density at radius 1 is 1.11 bits per heavy atom. The van der Waals surface area contributed by atoms with Crippen LogP contribution in [0.25, 0.3) is 0 Å². The van der Waals surface area contributed by atoms with Crippen molar-refractivity contribution >= 4 is 5.91 Å². The van der Waals surface area contributed by atoms with E-state index in [1.54, 1.807) is 0 Å². The van der Waals surface area contributed by atoms with Gasteiger partial charge in [0.05, 0.1) is 6.20 Å². The second-order valence-corrected chi connectivity index (χ2v) is 7.66. The number of nitrogens with zero attached hydrogens (tertiary/aromatic N) is 3. The fourth-order valence-corrected chi connectivity index (χ4v) is 4.34. The van der Waals surface area contributed by atoms with Gasteiger partial charge in [0.25, 0.3) is 5.91 Å². The standard InChI is InChI=1S/C23H25N3O/c1-15-9-16(2)22(17(3)10-15)23(27)26-13-18-7-5-6-8-20(18)21(14-26)19-11-24-25(4)12-19/h5-12,21H,13-14H2,1-4H3. The van der Waals surface area contributed by atoms with Crippen LogP contribution in [0.3, 0.4) is 0 Å². The molecular weight excluding hydrogens is 334 g/mol. The normalized spacial score (nSPS) is 16.3. The molecular formula is C23H25N3O. The van der Waals surface area contributed by atoms with E-state index in [2.05, 4.69) is 54.6 Å². The minimum atomic E-state index is 0.119. The Bertz CT molecular complexity index is 995. The number of carbonyl (C=O) groups is 1. The Morgan fingerprint density at radius 3 is 2.48 bits per heavy atom. The van der Waals surface area contributed by atoms with E-state index in [-0.39, 0.29) is 11.8 Å². The van der Waals surface area contributed by atoms with Gasteiger partial charge < -0.3 is 4.90 Å². The highest BCUT2D eigenvalue weighted by molar-refractivity contribution is 5.97. The van der Waals surface area contributed by atoms with Gasteiger partial charge in [-0.25, -0.2) is 0 Å². The average Bonchev–Trinajstić information content (AvgIpc) is 3.06. The molecule has 1 unspecified atom stereocenters. The van der Waals surface area contributed by atoms with Crippen molar-refractivity contribution in [3.05, 3.63) is 87.7 Å². The summed E-state index contributed by atoms with van der Waals surface area (Å²) in [6, 6.07) is 12.6. The summed E-state index contributed by atoms with van der Waals surface area (Å²) in [5.41, 5.74) is 7.80. The van der Waals surface area contributed by atoms with Gasteiger partial charge >= 0.3 is 0 Å². The van der Waals surface area contributed by atoms with Crippen LogP contribution in [0.5, 0.6) is 0 Å². The van der Waals surface area contributed by atoms with Gasteiger partial charge in [0.2, 0.25) is 0 Å². The molecule has 138 valence electrons. The molecule has 0 bridgehead atoms. The van der Waals surface area contributed by atoms with Crippen molar-refractivity contribution in [2.75, 3.05) is 6.54 Å². The molecule has 0 fully saturated rings. The molecule has 1 aromatic heterocycles. The molecule has 1 atom stereocenters. The smallest absolute Gasteiger partial charge is 0.254 e. The van der Waals surface area contributed by atoms with E-state index in [1.807, 2.05) is 36.7 Å². The van der Waals surface area contributed by atoms with Crippen LogP contribution in [-0.2, 0) is 13.6 Å². The first-order chi connectivity index (χ1) is 12.9. The van der Waals surface area contributed by atoms with E-state index < -0.39 is 0 Å². The first-order valence-electron chi connectivity index (χ1n) is 9.37. The second kappa shape index (κ2) is 6.69. The van der Waals surface area contributed by atoms with Gasteiger partial charge in [-0.2, -0.15) is 5.10 Å². The van der Waals surface area contributed by atoms with Gasteiger partial charge in [0.15, 0.2) is 0 Å². The molecule has 4 heteroatoms. The number of hydrogen-bond acceptors (Lipinski definition) is 2. The van der Waals surface area contributed by atoms with Crippen molar-refractivity contribution in [2.24, 2.45) is 7.05 Å². The summed E-state index contributed by atoms with van der Waals surface area (Å²) < 4.78 is 1.83. The summed E-state index contributed by atoms with van der Waals surface area (Å²) in [5.74, 6) is 0.270. The summed E-state index contributed by atoms with van der Waals surface area (Å²) in [4.78, 5) is 15.4. The fourth-order valence-electron chi connectivity index (χ4n) is 4.34. The third kappa shape index (κ3) is 3.16. The van der Waals surface area contributed by atoms with Crippen LogP contribution in [0.4, 0.5) is 0 Å². The highest BCUT2D eigenvalue weighted by Gasteiger charge is 2.31. The molecule has 1 aliphatic heterocycles. The van der Waals surface area contributed by atoms with E-state index in [1.165, 1.54) is 16.7 Å². The number of rotatable bonds is 2. The molecule has 4 nitrogen and oxygen atoms in total. The third-order valence-electron chi connectivity index (χ3n) is 5.50. The van der Waals surface area contributed by atoms with Gasteiger partial charge in [0.1, 0.15) is 0 Å². The van der Waals surface area contributed by atoms with Crippen molar-refractivity contribution < 1.29 is 4.79 Å². The van der Waals surface area contributed by atoms with Crippen molar-refractivity contribution in [3.63, 3.8) is 0 Å². The highest BCUT2D eigenvalue weighted by atomic mass is 16.2. The van der Waals surface area contributed by atoms with Crippen LogP contribution in [0.15, 0.2) is 48.8 Å². The maximum atomic E-state index is 13.4. The zero-order chi connectivity index (χ0) is 19.1. The van der Waals surface area contributed by atoms with Crippen molar-refractivity contribution in [1.29, 1.82) is 0 Å². The molecule has 0 radical (unpaired) electrons. The molecule has 0 N–H and O–H groups in total. The number of benzene rings is 2. The van der Waals surface area contributed by atoms with Crippen LogP contribution >= 0.6 is 0 Å². The molecule has 0 saturated heterocycles. The Kier molecular flexibility index (Phi) is 4.34. The molecule has 0 spiro atoms. The van der Waals surface area contributed by atoms with Crippen LogP contribution < -0.4 is 0 Å². The molecule has 2 heterocycles. The van der Waals surface area contributed by atoms with Gasteiger partial charge in [-0.3, -0.25) is 9.48 Å². The lowest BCUT2D eigenvalue weighted by molar-refractivity contribution is 0.0723. The van der Waals surface area contributed by atoms with Crippen LogP contribution in [0.1, 0.15) is 49.7 Å². The van der Waals surface area contributed by atoms with E-state index in [0.717, 1.165) is 22.3 Å². The number of carbonyl (C=O) groups excluding carboxylic acids is 1. The largest absolute Gasteiger partial charge is 0.333 e. The number of aromatic nitrogens is 2. The van der Waals surface area contributed by atoms with Crippen LogP contribution in [0.2, 0.25) is 0 Å². The molecule has 2 aromatic carbocycles. The van der Waals surface area contributed by atoms with Crippen LogP contribution in [-0.4, -0.2) is 27.1 Å². The zero-order valence-corrected chi connectivity index (χ0v) is 16.4. The lowest BCUT2D eigenvalue weighted by Crippen LogP contribution is -2.39. The molecule has 3 aromatic rings. The molecule has 4 rings (SSSR count). The molecule has 1 amide bonds. The highest BCUT2D eigenvalue weighted by Crippen LogP contribution is 2.34. The summed E-state index contributed by atoms with van der Waals surface area (Å²) in [6.45, 7) is 7.46. The van der Waals surface area contributed by atoms with Crippen molar-refractivity contribution in [1.82, 2.24) is 14.7 Å². The van der Waals surface area contributed by atoms with Crippen molar-refractivity contribution in [3.8, 4) is 0 Å². The Hall–Kier alpha value is -2.88. The zero-order valence-electron chi connectivity index (χ0n) is 16.4. The van der Waals surface area contributed by atoms with Crippen LogP contribution in [0, 0.1) is 20.8 Å². The summed E-state index contributed by atoms with van der Waals surface area (Å²) >= 11 is 0. The minimum Gasteiger partial charge on any atom is -0.333 e. The minimum absolute atomic E-state index is 0.119. The average molecular weight is 359 g/mol. The van der Waals surface area contributed by atoms with Gasteiger partial charge in [-0.1, -0.05) is 42.0 Å². The quantitative estimate of drug-likeness (QED) is 0.690. The number of hydrogen-bond donors (Lipinski definition) is 0. The van der Waals surface area contributed by atoms with Crippen molar-refractivity contribution in [2.45, 2.75) is 33.2 Å². The Balaban J connectivity index is 1.74. The first-order valence-corrected chi connectivity index (χ1v) is 9.37. The van der Waals surface area contributed by atoms with E-state index in [4.69, 9.17) is 0 Å². The number of aryl methyl sites for hydroxylation is 4.